The number of benzene rings is 1. The first-order valence-electron chi connectivity index (χ1n) is 8.05. The predicted molar refractivity (Wildman–Crippen MR) is 102 cm³/mol. The number of anilines is 1. The van der Waals surface area contributed by atoms with Crippen LogP contribution in [0.2, 0.25) is 0 Å². The molecule has 0 saturated carbocycles. The Labute approximate surface area is 154 Å². The van der Waals surface area contributed by atoms with Crippen molar-refractivity contribution in [2.45, 2.75) is 6.29 Å². The van der Waals surface area contributed by atoms with Crippen molar-refractivity contribution in [3.8, 4) is 0 Å². The van der Waals surface area contributed by atoms with Crippen molar-refractivity contribution < 1.29 is 9.59 Å². The fraction of sp³-hybridized carbons (Fsp3) is 0.0556. The van der Waals surface area contributed by atoms with Gasteiger partial charge in [0.05, 0.1) is 17.1 Å². The summed E-state index contributed by atoms with van der Waals surface area (Å²) in [5, 5.41) is 5.45. The highest BCUT2D eigenvalue weighted by atomic mass is 16.2. The standard InChI is InChI=1S/C18H19N7O2/c1-10(23-18(19)20)13-5-6-14(25-13)15(26)11-3-2-4-12(9-11)24-17(27)16-21-7-8-22-16/h2-9,18,23,25H,1,19-20H2,(H,21,22)(H,24,27). The van der Waals surface area contributed by atoms with E-state index in [9.17, 15) is 9.59 Å². The summed E-state index contributed by atoms with van der Waals surface area (Å²) in [5.74, 6) is -0.447. The number of nitrogens with zero attached hydrogens (tertiary/aromatic N) is 1. The summed E-state index contributed by atoms with van der Waals surface area (Å²) in [7, 11) is 0. The summed E-state index contributed by atoms with van der Waals surface area (Å²) in [6, 6.07) is 9.96. The topological polar surface area (TPSA) is 155 Å². The van der Waals surface area contributed by atoms with Crippen LogP contribution in [0.4, 0.5) is 5.69 Å². The van der Waals surface area contributed by atoms with Crippen LogP contribution in [0.3, 0.4) is 0 Å². The van der Waals surface area contributed by atoms with E-state index in [1.54, 1.807) is 42.6 Å². The van der Waals surface area contributed by atoms with Gasteiger partial charge in [0.15, 0.2) is 5.82 Å². The molecule has 0 fully saturated rings. The second kappa shape index (κ2) is 7.68. The fourth-order valence-corrected chi connectivity index (χ4v) is 2.46. The van der Waals surface area contributed by atoms with Crippen LogP contribution in [-0.2, 0) is 0 Å². The lowest BCUT2D eigenvalue weighted by molar-refractivity contribution is 0.101. The second-order valence-electron chi connectivity index (χ2n) is 5.74. The Morgan fingerprint density at radius 2 is 1.93 bits per heavy atom. The zero-order valence-electron chi connectivity index (χ0n) is 14.3. The number of amides is 1. The second-order valence-corrected chi connectivity index (χ2v) is 5.74. The molecule has 2 aromatic heterocycles. The number of aromatic nitrogens is 3. The van der Waals surface area contributed by atoms with Gasteiger partial charge >= 0.3 is 0 Å². The molecule has 9 nitrogen and oxygen atoms in total. The van der Waals surface area contributed by atoms with Gasteiger partial charge < -0.3 is 20.6 Å². The summed E-state index contributed by atoms with van der Waals surface area (Å²) in [6.07, 6.45) is 2.28. The van der Waals surface area contributed by atoms with E-state index in [1.165, 1.54) is 6.20 Å². The molecule has 1 amide bonds. The van der Waals surface area contributed by atoms with Gasteiger partial charge in [0.2, 0.25) is 5.78 Å². The Kier molecular flexibility index (Phi) is 5.15. The van der Waals surface area contributed by atoms with Crippen LogP contribution < -0.4 is 22.1 Å². The van der Waals surface area contributed by atoms with Crippen LogP contribution in [0.5, 0.6) is 0 Å². The van der Waals surface area contributed by atoms with Gasteiger partial charge in [0.1, 0.15) is 6.29 Å². The highest BCUT2D eigenvalue weighted by Gasteiger charge is 2.14. The third-order valence-electron chi connectivity index (χ3n) is 3.69. The molecular weight excluding hydrogens is 346 g/mol. The zero-order valence-corrected chi connectivity index (χ0v) is 14.3. The Hall–Kier alpha value is -3.69. The third kappa shape index (κ3) is 4.29. The lowest BCUT2D eigenvalue weighted by Crippen LogP contribution is -2.43. The molecule has 138 valence electrons. The average molecular weight is 365 g/mol. The highest BCUT2D eigenvalue weighted by molar-refractivity contribution is 6.09. The maximum absolute atomic E-state index is 12.7. The molecule has 0 unspecified atom stereocenters. The van der Waals surface area contributed by atoms with Gasteiger partial charge in [-0.05, 0) is 24.3 Å². The number of rotatable bonds is 7. The summed E-state index contributed by atoms with van der Waals surface area (Å²) >= 11 is 0. The van der Waals surface area contributed by atoms with Crippen LogP contribution in [0, 0.1) is 0 Å². The molecule has 0 saturated heterocycles. The Morgan fingerprint density at radius 1 is 1.15 bits per heavy atom. The van der Waals surface area contributed by atoms with Crippen molar-refractivity contribution in [3.05, 3.63) is 78.1 Å². The van der Waals surface area contributed by atoms with Crippen LogP contribution in [0.15, 0.2) is 55.4 Å². The highest BCUT2D eigenvalue weighted by Crippen LogP contribution is 2.17. The van der Waals surface area contributed by atoms with Gasteiger partial charge in [-0.2, -0.15) is 0 Å². The van der Waals surface area contributed by atoms with Crippen molar-refractivity contribution in [3.63, 3.8) is 0 Å². The molecule has 0 bridgehead atoms. The average Bonchev–Trinajstić information content (AvgIpc) is 3.32. The van der Waals surface area contributed by atoms with Crippen molar-refractivity contribution in [2.75, 3.05) is 5.32 Å². The molecule has 0 aliphatic carbocycles. The van der Waals surface area contributed by atoms with Gasteiger partial charge in [0, 0.05) is 23.6 Å². The Balaban J connectivity index is 1.75. The number of carbonyl (C=O) groups excluding carboxylic acids is 2. The molecule has 2 heterocycles. The van der Waals surface area contributed by atoms with E-state index in [2.05, 4.69) is 32.2 Å². The van der Waals surface area contributed by atoms with Crippen molar-refractivity contribution >= 4 is 23.1 Å². The van der Waals surface area contributed by atoms with Crippen molar-refractivity contribution in [2.24, 2.45) is 11.5 Å². The minimum absolute atomic E-state index is 0.185. The molecule has 0 atom stereocenters. The molecule has 0 radical (unpaired) electrons. The summed E-state index contributed by atoms with van der Waals surface area (Å²) in [4.78, 5) is 34.3. The number of hydrogen-bond donors (Lipinski definition) is 6. The normalized spacial score (nSPS) is 10.6. The van der Waals surface area contributed by atoms with Crippen LogP contribution in [-0.4, -0.2) is 32.9 Å². The van der Waals surface area contributed by atoms with Gasteiger partial charge in [-0.1, -0.05) is 18.7 Å². The van der Waals surface area contributed by atoms with Crippen LogP contribution in [0.1, 0.15) is 32.4 Å². The van der Waals surface area contributed by atoms with Crippen LogP contribution in [0.25, 0.3) is 5.70 Å². The summed E-state index contributed by atoms with van der Waals surface area (Å²) in [6.45, 7) is 3.81. The first kappa shape index (κ1) is 18.1. The first-order valence-corrected chi connectivity index (χ1v) is 8.05. The van der Waals surface area contributed by atoms with E-state index in [4.69, 9.17) is 11.5 Å². The maximum Gasteiger partial charge on any atom is 0.291 e. The lowest BCUT2D eigenvalue weighted by atomic mass is 10.1. The van der Waals surface area contributed by atoms with Gasteiger partial charge in [0.25, 0.3) is 5.91 Å². The van der Waals surface area contributed by atoms with E-state index >= 15 is 0 Å². The van der Waals surface area contributed by atoms with E-state index in [-0.39, 0.29) is 11.6 Å². The van der Waals surface area contributed by atoms with E-state index in [0.717, 1.165) is 0 Å². The number of aromatic amines is 2. The smallest absolute Gasteiger partial charge is 0.291 e. The molecule has 0 spiro atoms. The molecule has 27 heavy (non-hydrogen) atoms. The molecule has 8 N–H and O–H groups in total. The van der Waals surface area contributed by atoms with Gasteiger partial charge in [-0.25, -0.2) is 4.98 Å². The Bertz CT molecular complexity index is 973. The first-order chi connectivity index (χ1) is 12.9. The Morgan fingerprint density at radius 3 is 2.63 bits per heavy atom. The molecular formula is C18H19N7O2. The number of carbonyl (C=O) groups is 2. The summed E-state index contributed by atoms with van der Waals surface area (Å²) in [5.41, 5.74) is 13.3. The maximum atomic E-state index is 12.7. The number of nitrogens with two attached hydrogens (primary N) is 2. The van der Waals surface area contributed by atoms with Gasteiger partial charge in [-0.3, -0.25) is 21.1 Å². The number of imidazole rings is 1. The summed E-state index contributed by atoms with van der Waals surface area (Å²) < 4.78 is 0. The minimum Gasteiger partial charge on any atom is -0.357 e. The third-order valence-corrected chi connectivity index (χ3v) is 3.69. The van der Waals surface area contributed by atoms with E-state index in [1.807, 2.05) is 0 Å². The molecule has 3 rings (SSSR count). The number of H-pyrrole nitrogens is 2. The van der Waals surface area contributed by atoms with Crippen LogP contribution >= 0.6 is 0 Å². The monoisotopic (exact) mass is 365 g/mol. The SMILES string of the molecule is C=C(NC(N)N)c1ccc(C(=O)c2cccc(NC(=O)c3ncc[nH]3)c2)[nH]1. The molecule has 0 aliphatic heterocycles. The minimum atomic E-state index is -0.755. The molecule has 3 aromatic rings. The number of hydrogen-bond acceptors (Lipinski definition) is 6. The predicted octanol–water partition coefficient (Wildman–Crippen LogP) is 0.982. The largest absolute Gasteiger partial charge is 0.357 e. The molecule has 9 heteroatoms. The fourth-order valence-electron chi connectivity index (χ4n) is 2.46. The van der Waals surface area contributed by atoms with Crippen molar-refractivity contribution in [1.82, 2.24) is 20.3 Å². The number of ketones is 1. The van der Waals surface area contributed by atoms with E-state index in [0.29, 0.717) is 28.3 Å². The zero-order chi connectivity index (χ0) is 19.4. The quantitative estimate of drug-likeness (QED) is 0.271. The number of nitrogens with one attached hydrogen (secondary N) is 4. The van der Waals surface area contributed by atoms with E-state index < -0.39 is 12.2 Å². The molecule has 0 aliphatic rings. The van der Waals surface area contributed by atoms with Crippen molar-refractivity contribution in [1.29, 1.82) is 0 Å². The molecule has 1 aromatic carbocycles. The van der Waals surface area contributed by atoms with Gasteiger partial charge in [-0.15, -0.1) is 0 Å². The lowest BCUT2D eigenvalue weighted by Gasteiger charge is -2.11.